The van der Waals surface area contributed by atoms with Crippen LogP contribution in [0.25, 0.3) is 0 Å². The lowest BCUT2D eigenvalue weighted by atomic mass is 9.84. The standard InChI is InChI=1S/C22H25NO4/c1-15-7-8-18(22(25)26)13-20(15)23-21(24)14-27-19-11-9-17(10-12-19)16-5-3-2-4-6-16/h7-13,16H,2-6,14H2,1H3,(H,23,24)(H,25,26). The summed E-state index contributed by atoms with van der Waals surface area (Å²) in [6, 6.07) is 12.6. The summed E-state index contributed by atoms with van der Waals surface area (Å²) in [5, 5.41) is 11.8. The Kier molecular flexibility index (Phi) is 6.12. The summed E-state index contributed by atoms with van der Waals surface area (Å²) >= 11 is 0. The molecule has 1 saturated carbocycles. The number of ether oxygens (including phenoxy) is 1. The van der Waals surface area contributed by atoms with Crippen LogP contribution >= 0.6 is 0 Å². The van der Waals surface area contributed by atoms with Crippen molar-refractivity contribution in [2.45, 2.75) is 44.9 Å². The molecule has 0 bridgehead atoms. The molecule has 0 aliphatic heterocycles. The molecular weight excluding hydrogens is 342 g/mol. The van der Waals surface area contributed by atoms with Gasteiger partial charge in [-0.25, -0.2) is 4.79 Å². The molecule has 1 aliphatic carbocycles. The average Bonchev–Trinajstić information content (AvgIpc) is 2.69. The van der Waals surface area contributed by atoms with E-state index in [2.05, 4.69) is 17.4 Å². The van der Waals surface area contributed by atoms with Gasteiger partial charge in [-0.15, -0.1) is 0 Å². The molecule has 0 aromatic heterocycles. The Bertz CT molecular complexity index is 808. The Morgan fingerprint density at radius 1 is 1.07 bits per heavy atom. The molecule has 0 saturated heterocycles. The maximum Gasteiger partial charge on any atom is 0.335 e. The number of amides is 1. The van der Waals surface area contributed by atoms with Gasteiger partial charge in [-0.05, 0) is 61.1 Å². The molecule has 0 unspecified atom stereocenters. The Hall–Kier alpha value is -2.82. The molecule has 0 heterocycles. The summed E-state index contributed by atoms with van der Waals surface area (Å²) in [6.07, 6.45) is 6.42. The largest absolute Gasteiger partial charge is 0.484 e. The number of anilines is 1. The van der Waals surface area contributed by atoms with Crippen molar-refractivity contribution in [1.82, 2.24) is 0 Å². The van der Waals surface area contributed by atoms with Crippen LogP contribution in [0.1, 0.15) is 59.5 Å². The molecule has 1 aliphatic rings. The van der Waals surface area contributed by atoms with Gasteiger partial charge in [0.25, 0.3) is 5.91 Å². The highest BCUT2D eigenvalue weighted by molar-refractivity contribution is 5.95. The van der Waals surface area contributed by atoms with Crippen molar-refractivity contribution < 1.29 is 19.4 Å². The lowest BCUT2D eigenvalue weighted by Crippen LogP contribution is -2.21. The monoisotopic (exact) mass is 367 g/mol. The van der Waals surface area contributed by atoms with E-state index in [0.717, 1.165) is 5.56 Å². The molecule has 27 heavy (non-hydrogen) atoms. The number of carbonyl (C=O) groups is 2. The number of nitrogens with one attached hydrogen (secondary N) is 1. The summed E-state index contributed by atoms with van der Waals surface area (Å²) in [6.45, 7) is 1.69. The third-order valence-electron chi connectivity index (χ3n) is 5.09. The maximum absolute atomic E-state index is 12.1. The first-order valence-electron chi connectivity index (χ1n) is 9.39. The van der Waals surface area contributed by atoms with Gasteiger partial charge in [-0.3, -0.25) is 4.79 Å². The smallest absolute Gasteiger partial charge is 0.335 e. The van der Waals surface area contributed by atoms with E-state index in [9.17, 15) is 9.59 Å². The fraction of sp³-hybridized carbons (Fsp3) is 0.364. The van der Waals surface area contributed by atoms with Gasteiger partial charge in [0.15, 0.2) is 6.61 Å². The molecule has 0 spiro atoms. The summed E-state index contributed by atoms with van der Waals surface area (Å²) in [5.74, 6) is -0.0573. The zero-order valence-electron chi connectivity index (χ0n) is 15.5. The second-order valence-corrected chi connectivity index (χ2v) is 7.08. The number of benzene rings is 2. The van der Waals surface area contributed by atoms with Crippen LogP contribution in [0.5, 0.6) is 5.75 Å². The van der Waals surface area contributed by atoms with Gasteiger partial charge < -0.3 is 15.2 Å². The topological polar surface area (TPSA) is 75.6 Å². The summed E-state index contributed by atoms with van der Waals surface area (Å²) in [4.78, 5) is 23.2. The van der Waals surface area contributed by atoms with E-state index in [0.29, 0.717) is 17.4 Å². The van der Waals surface area contributed by atoms with E-state index in [1.807, 2.05) is 19.1 Å². The number of hydrogen-bond donors (Lipinski definition) is 2. The molecule has 1 fully saturated rings. The summed E-state index contributed by atoms with van der Waals surface area (Å²) in [5.41, 5.74) is 2.75. The SMILES string of the molecule is Cc1ccc(C(=O)O)cc1NC(=O)COc1ccc(C2CCCCC2)cc1. The van der Waals surface area contributed by atoms with Crippen LogP contribution in [0.2, 0.25) is 0 Å². The number of aromatic carboxylic acids is 1. The molecular formula is C22H25NO4. The minimum absolute atomic E-state index is 0.125. The molecule has 2 aromatic rings. The van der Waals surface area contributed by atoms with Crippen LogP contribution in [0, 0.1) is 6.92 Å². The first-order valence-corrected chi connectivity index (χ1v) is 9.39. The molecule has 3 rings (SSSR count). The first-order chi connectivity index (χ1) is 13.0. The van der Waals surface area contributed by atoms with E-state index in [1.165, 1.54) is 49.8 Å². The predicted molar refractivity (Wildman–Crippen MR) is 105 cm³/mol. The highest BCUT2D eigenvalue weighted by Gasteiger charge is 2.15. The fourth-order valence-electron chi connectivity index (χ4n) is 3.50. The highest BCUT2D eigenvalue weighted by Crippen LogP contribution is 2.33. The zero-order chi connectivity index (χ0) is 19.2. The van der Waals surface area contributed by atoms with Crippen LogP contribution in [0.15, 0.2) is 42.5 Å². The predicted octanol–water partition coefficient (Wildman–Crippen LogP) is 4.76. The van der Waals surface area contributed by atoms with Crippen molar-refractivity contribution in [2.24, 2.45) is 0 Å². The molecule has 0 atom stereocenters. The molecule has 5 heteroatoms. The van der Waals surface area contributed by atoms with Gasteiger partial charge in [0.05, 0.1) is 5.56 Å². The van der Waals surface area contributed by atoms with E-state index < -0.39 is 5.97 Å². The van der Waals surface area contributed by atoms with Crippen molar-refractivity contribution in [3.8, 4) is 5.75 Å². The normalized spacial score (nSPS) is 14.6. The van der Waals surface area contributed by atoms with Crippen LogP contribution in [-0.4, -0.2) is 23.6 Å². The number of hydrogen-bond acceptors (Lipinski definition) is 3. The van der Waals surface area contributed by atoms with Crippen LogP contribution in [-0.2, 0) is 4.79 Å². The molecule has 5 nitrogen and oxygen atoms in total. The number of carboxylic acid groups (broad SMARTS) is 1. The second kappa shape index (κ2) is 8.71. The van der Waals surface area contributed by atoms with Crippen molar-refractivity contribution in [3.05, 3.63) is 59.2 Å². The van der Waals surface area contributed by atoms with Gasteiger partial charge in [-0.2, -0.15) is 0 Å². The molecule has 2 N–H and O–H groups in total. The highest BCUT2D eigenvalue weighted by atomic mass is 16.5. The van der Waals surface area contributed by atoms with E-state index >= 15 is 0 Å². The van der Waals surface area contributed by atoms with Gasteiger partial charge >= 0.3 is 5.97 Å². The van der Waals surface area contributed by atoms with E-state index in [1.54, 1.807) is 6.07 Å². The average molecular weight is 367 g/mol. The molecule has 142 valence electrons. The van der Waals surface area contributed by atoms with Crippen molar-refractivity contribution in [1.29, 1.82) is 0 Å². The number of rotatable bonds is 6. The van der Waals surface area contributed by atoms with E-state index in [-0.39, 0.29) is 18.1 Å². The number of carbonyl (C=O) groups excluding carboxylic acids is 1. The first kappa shape index (κ1) is 19.0. The molecule has 0 radical (unpaired) electrons. The lowest BCUT2D eigenvalue weighted by molar-refractivity contribution is -0.118. The maximum atomic E-state index is 12.1. The third-order valence-corrected chi connectivity index (χ3v) is 5.09. The molecule has 2 aromatic carbocycles. The van der Waals surface area contributed by atoms with Crippen molar-refractivity contribution >= 4 is 17.6 Å². The second-order valence-electron chi connectivity index (χ2n) is 7.08. The van der Waals surface area contributed by atoms with Crippen molar-refractivity contribution in [3.63, 3.8) is 0 Å². The van der Waals surface area contributed by atoms with E-state index in [4.69, 9.17) is 9.84 Å². The minimum Gasteiger partial charge on any atom is -0.484 e. The van der Waals surface area contributed by atoms with Crippen LogP contribution in [0.3, 0.4) is 0 Å². The Morgan fingerprint density at radius 2 is 1.78 bits per heavy atom. The Morgan fingerprint density at radius 3 is 2.44 bits per heavy atom. The summed E-state index contributed by atoms with van der Waals surface area (Å²) < 4.78 is 5.57. The van der Waals surface area contributed by atoms with Gasteiger partial charge in [0.2, 0.25) is 0 Å². The number of carboxylic acids is 1. The molecule has 1 amide bonds. The minimum atomic E-state index is -1.03. The van der Waals surface area contributed by atoms with Gasteiger partial charge in [-0.1, -0.05) is 37.5 Å². The lowest BCUT2D eigenvalue weighted by Gasteiger charge is -2.22. The quantitative estimate of drug-likeness (QED) is 0.772. The fourth-order valence-corrected chi connectivity index (χ4v) is 3.50. The Balaban J connectivity index is 1.54. The van der Waals surface area contributed by atoms with Gasteiger partial charge in [0.1, 0.15) is 5.75 Å². The number of aryl methyl sites for hydroxylation is 1. The van der Waals surface area contributed by atoms with Crippen molar-refractivity contribution in [2.75, 3.05) is 11.9 Å². The van der Waals surface area contributed by atoms with Crippen LogP contribution < -0.4 is 10.1 Å². The van der Waals surface area contributed by atoms with Crippen LogP contribution in [0.4, 0.5) is 5.69 Å². The zero-order valence-corrected chi connectivity index (χ0v) is 15.5. The third kappa shape index (κ3) is 5.09. The Labute approximate surface area is 159 Å². The van der Waals surface area contributed by atoms with Gasteiger partial charge in [0, 0.05) is 5.69 Å². The summed E-state index contributed by atoms with van der Waals surface area (Å²) in [7, 11) is 0.